The lowest BCUT2D eigenvalue weighted by atomic mass is 10.0. The van der Waals surface area contributed by atoms with E-state index in [-0.39, 0.29) is 23.8 Å². The maximum Gasteiger partial charge on any atom is 0.245 e. The SMILES string of the molecule is CC(C)C1NC(=O)CCN(CCSc2ccccc2)C1=O. The molecule has 0 aliphatic carbocycles. The van der Waals surface area contributed by atoms with Crippen LogP contribution < -0.4 is 5.32 Å². The van der Waals surface area contributed by atoms with Crippen LogP contribution in [0.15, 0.2) is 35.2 Å². The molecule has 1 aromatic carbocycles. The summed E-state index contributed by atoms with van der Waals surface area (Å²) in [6, 6.07) is 9.76. The fourth-order valence-electron chi connectivity index (χ4n) is 2.31. The summed E-state index contributed by atoms with van der Waals surface area (Å²) >= 11 is 1.73. The normalized spacial score (nSPS) is 19.6. The zero-order chi connectivity index (χ0) is 15.2. The Hall–Kier alpha value is -1.49. The van der Waals surface area contributed by atoms with Crippen molar-refractivity contribution in [1.29, 1.82) is 0 Å². The van der Waals surface area contributed by atoms with Gasteiger partial charge in [0, 0.05) is 30.2 Å². The number of thioether (sulfide) groups is 1. The number of hydrogen-bond donors (Lipinski definition) is 1. The molecule has 0 spiro atoms. The number of benzene rings is 1. The monoisotopic (exact) mass is 306 g/mol. The molecular formula is C16H22N2O2S. The smallest absolute Gasteiger partial charge is 0.245 e. The first-order chi connectivity index (χ1) is 10.1. The largest absolute Gasteiger partial charge is 0.344 e. The summed E-state index contributed by atoms with van der Waals surface area (Å²) in [5.41, 5.74) is 0. The lowest BCUT2D eigenvalue weighted by Crippen LogP contribution is -2.48. The standard InChI is InChI=1S/C16H22N2O2S/c1-12(2)15-16(20)18(9-8-14(19)17-15)10-11-21-13-6-4-3-5-7-13/h3-7,12,15H,8-11H2,1-2H3,(H,17,19). The molecule has 2 rings (SSSR count). The third-order valence-corrected chi connectivity index (χ3v) is 4.54. The molecule has 114 valence electrons. The molecule has 4 nitrogen and oxygen atoms in total. The van der Waals surface area contributed by atoms with Gasteiger partial charge in [-0.15, -0.1) is 11.8 Å². The van der Waals surface area contributed by atoms with E-state index in [2.05, 4.69) is 17.4 Å². The van der Waals surface area contributed by atoms with Crippen LogP contribution in [0.5, 0.6) is 0 Å². The zero-order valence-electron chi connectivity index (χ0n) is 12.5. The fourth-order valence-corrected chi connectivity index (χ4v) is 3.21. The van der Waals surface area contributed by atoms with Crippen molar-refractivity contribution in [2.45, 2.75) is 31.2 Å². The first kappa shape index (κ1) is 15.9. The molecular weight excluding hydrogens is 284 g/mol. The quantitative estimate of drug-likeness (QED) is 0.848. The molecule has 0 bridgehead atoms. The highest BCUT2D eigenvalue weighted by atomic mass is 32.2. The molecule has 1 N–H and O–H groups in total. The van der Waals surface area contributed by atoms with Gasteiger partial charge in [-0.1, -0.05) is 32.0 Å². The van der Waals surface area contributed by atoms with Crippen LogP contribution in [0, 0.1) is 5.92 Å². The van der Waals surface area contributed by atoms with Gasteiger partial charge in [0.25, 0.3) is 0 Å². The Morgan fingerprint density at radius 3 is 2.67 bits per heavy atom. The predicted molar refractivity (Wildman–Crippen MR) is 85.1 cm³/mol. The van der Waals surface area contributed by atoms with Crippen molar-refractivity contribution in [3.63, 3.8) is 0 Å². The Bertz CT molecular complexity index is 490. The number of nitrogens with zero attached hydrogens (tertiary/aromatic N) is 1. The van der Waals surface area contributed by atoms with E-state index in [0.717, 1.165) is 5.75 Å². The maximum atomic E-state index is 12.5. The second-order valence-electron chi connectivity index (χ2n) is 5.53. The highest BCUT2D eigenvalue weighted by Gasteiger charge is 2.31. The lowest BCUT2D eigenvalue weighted by Gasteiger charge is -2.25. The molecule has 1 heterocycles. The van der Waals surface area contributed by atoms with E-state index in [1.165, 1.54) is 4.90 Å². The summed E-state index contributed by atoms with van der Waals surface area (Å²) in [6.07, 6.45) is 0.394. The van der Waals surface area contributed by atoms with Crippen LogP contribution in [-0.2, 0) is 9.59 Å². The number of nitrogens with one attached hydrogen (secondary N) is 1. The van der Waals surface area contributed by atoms with E-state index in [9.17, 15) is 9.59 Å². The molecule has 0 aromatic heterocycles. The molecule has 5 heteroatoms. The molecule has 1 aliphatic rings. The Morgan fingerprint density at radius 1 is 1.29 bits per heavy atom. The van der Waals surface area contributed by atoms with Crippen molar-refractivity contribution in [1.82, 2.24) is 10.2 Å². The van der Waals surface area contributed by atoms with Gasteiger partial charge in [-0.05, 0) is 18.1 Å². The summed E-state index contributed by atoms with van der Waals surface area (Å²) in [4.78, 5) is 27.2. The molecule has 1 unspecified atom stereocenters. The van der Waals surface area contributed by atoms with E-state index in [1.54, 1.807) is 11.8 Å². The Balaban J connectivity index is 1.91. The average Bonchev–Trinajstić information content (AvgIpc) is 2.61. The molecule has 2 amide bonds. The minimum absolute atomic E-state index is 0.0275. The summed E-state index contributed by atoms with van der Waals surface area (Å²) in [6.45, 7) is 5.12. The molecule has 0 radical (unpaired) electrons. The van der Waals surface area contributed by atoms with Crippen molar-refractivity contribution in [3.8, 4) is 0 Å². The molecule has 21 heavy (non-hydrogen) atoms. The number of carbonyl (C=O) groups excluding carboxylic acids is 2. The van der Waals surface area contributed by atoms with Gasteiger partial charge < -0.3 is 10.2 Å². The van der Waals surface area contributed by atoms with Gasteiger partial charge in [-0.2, -0.15) is 0 Å². The number of carbonyl (C=O) groups is 2. The van der Waals surface area contributed by atoms with Crippen LogP contribution >= 0.6 is 11.8 Å². The lowest BCUT2D eigenvalue weighted by molar-refractivity contribution is -0.134. The van der Waals surface area contributed by atoms with Crippen molar-refractivity contribution < 1.29 is 9.59 Å². The molecule has 1 aliphatic heterocycles. The van der Waals surface area contributed by atoms with Gasteiger partial charge in [-0.25, -0.2) is 0 Å². The van der Waals surface area contributed by atoms with Gasteiger partial charge >= 0.3 is 0 Å². The highest BCUT2D eigenvalue weighted by molar-refractivity contribution is 7.99. The van der Waals surface area contributed by atoms with Gasteiger partial charge in [0.15, 0.2) is 0 Å². The molecule has 1 aromatic rings. The number of hydrogen-bond acceptors (Lipinski definition) is 3. The fraction of sp³-hybridized carbons (Fsp3) is 0.500. The van der Waals surface area contributed by atoms with Crippen LogP contribution in [0.4, 0.5) is 0 Å². The van der Waals surface area contributed by atoms with Crippen molar-refractivity contribution in [2.24, 2.45) is 5.92 Å². The van der Waals surface area contributed by atoms with Crippen LogP contribution in [0.1, 0.15) is 20.3 Å². The Kier molecular flexibility index (Phi) is 5.67. The maximum absolute atomic E-state index is 12.5. The van der Waals surface area contributed by atoms with Crippen LogP contribution in [-0.4, -0.2) is 41.6 Å². The first-order valence-electron chi connectivity index (χ1n) is 7.34. The van der Waals surface area contributed by atoms with Crippen molar-refractivity contribution in [3.05, 3.63) is 30.3 Å². The van der Waals surface area contributed by atoms with Crippen molar-refractivity contribution in [2.75, 3.05) is 18.8 Å². The third kappa shape index (κ3) is 4.49. The summed E-state index contributed by atoms with van der Waals surface area (Å²) < 4.78 is 0. The summed E-state index contributed by atoms with van der Waals surface area (Å²) in [7, 11) is 0. The van der Waals surface area contributed by atoms with E-state index in [1.807, 2.05) is 36.9 Å². The van der Waals surface area contributed by atoms with Gasteiger partial charge in [0.05, 0.1) is 0 Å². The van der Waals surface area contributed by atoms with Crippen molar-refractivity contribution >= 4 is 23.6 Å². The van der Waals surface area contributed by atoms with Crippen LogP contribution in [0.2, 0.25) is 0 Å². The number of rotatable bonds is 5. The van der Waals surface area contributed by atoms with E-state index < -0.39 is 0 Å². The number of amides is 2. The van der Waals surface area contributed by atoms with E-state index in [4.69, 9.17) is 0 Å². The van der Waals surface area contributed by atoms with Crippen LogP contribution in [0.25, 0.3) is 0 Å². The molecule has 1 saturated heterocycles. The van der Waals surface area contributed by atoms with Gasteiger partial charge in [-0.3, -0.25) is 9.59 Å². The zero-order valence-corrected chi connectivity index (χ0v) is 13.4. The Morgan fingerprint density at radius 2 is 2.00 bits per heavy atom. The molecule has 1 fully saturated rings. The van der Waals surface area contributed by atoms with Crippen LogP contribution in [0.3, 0.4) is 0 Å². The predicted octanol–water partition coefficient (Wildman–Crippen LogP) is 2.15. The van der Waals surface area contributed by atoms with Gasteiger partial charge in [0.1, 0.15) is 6.04 Å². The minimum atomic E-state index is -0.387. The minimum Gasteiger partial charge on any atom is -0.344 e. The summed E-state index contributed by atoms with van der Waals surface area (Å²) in [5, 5.41) is 2.83. The van der Waals surface area contributed by atoms with E-state index >= 15 is 0 Å². The second-order valence-corrected chi connectivity index (χ2v) is 6.69. The molecule has 0 saturated carbocycles. The average molecular weight is 306 g/mol. The van der Waals surface area contributed by atoms with E-state index in [0.29, 0.717) is 19.5 Å². The Labute approximate surface area is 130 Å². The molecule has 1 atom stereocenters. The van der Waals surface area contributed by atoms with Gasteiger partial charge in [0.2, 0.25) is 11.8 Å². The third-order valence-electron chi connectivity index (χ3n) is 3.54. The topological polar surface area (TPSA) is 49.4 Å². The first-order valence-corrected chi connectivity index (χ1v) is 8.32. The second kappa shape index (κ2) is 7.50. The summed E-state index contributed by atoms with van der Waals surface area (Å²) in [5.74, 6) is 0.975. The highest BCUT2D eigenvalue weighted by Crippen LogP contribution is 2.18.